The number of ether oxygens (including phenoxy) is 1. The number of benzene rings is 2. The Bertz CT molecular complexity index is 906. The molecule has 0 saturated carbocycles. The molecule has 2 rings (SSSR count). The highest BCUT2D eigenvalue weighted by Gasteiger charge is 2.20. The van der Waals surface area contributed by atoms with Gasteiger partial charge in [0.05, 0.1) is 16.9 Å². The number of non-ortho nitro benzene ring substituents is 1. The Labute approximate surface area is 159 Å². The fourth-order valence-corrected chi connectivity index (χ4v) is 3.83. The van der Waals surface area contributed by atoms with Crippen LogP contribution in [0.5, 0.6) is 5.75 Å². The van der Waals surface area contributed by atoms with Crippen molar-refractivity contribution >= 4 is 21.4 Å². The topological polar surface area (TPSA) is 98.5 Å². The normalized spacial score (nSPS) is 11.7. The number of nitrogens with zero attached hydrogens (tertiary/aromatic N) is 1. The van der Waals surface area contributed by atoms with Gasteiger partial charge in [-0.3, -0.25) is 14.8 Å². The minimum absolute atomic E-state index is 0.0406. The van der Waals surface area contributed by atoms with E-state index in [0.29, 0.717) is 5.69 Å². The summed E-state index contributed by atoms with van der Waals surface area (Å²) in [5.74, 6) is 1.04. The van der Waals surface area contributed by atoms with Crippen molar-refractivity contribution < 1.29 is 18.1 Å². The maximum Gasteiger partial charge on any atom is 0.269 e. The molecule has 0 fully saturated rings. The van der Waals surface area contributed by atoms with Crippen molar-refractivity contribution in [3.8, 4) is 5.75 Å². The van der Waals surface area contributed by atoms with Gasteiger partial charge in [0.25, 0.3) is 15.7 Å². The largest absolute Gasteiger partial charge is 0.496 e. The van der Waals surface area contributed by atoms with Gasteiger partial charge >= 0.3 is 0 Å². The van der Waals surface area contributed by atoms with Crippen molar-refractivity contribution in [3.05, 3.63) is 57.6 Å². The zero-order valence-electron chi connectivity index (χ0n) is 16.0. The van der Waals surface area contributed by atoms with Crippen LogP contribution < -0.4 is 9.46 Å². The van der Waals surface area contributed by atoms with Gasteiger partial charge in [-0.2, -0.15) is 0 Å². The molecule has 0 unspecified atom stereocenters. The number of methoxy groups -OCH3 is 1. The number of anilines is 1. The van der Waals surface area contributed by atoms with Crippen molar-refractivity contribution in [2.24, 2.45) is 0 Å². The van der Waals surface area contributed by atoms with E-state index < -0.39 is 14.9 Å². The molecule has 146 valence electrons. The number of nitrogens with one attached hydrogen (secondary N) is 1. The van der Waals surface area contributed by atoms with Crippen LogP contribution in [0.3, 0.4) is 0 Å². The molecule has 0 aliphatic carbocycles. The SMILES string of the molecule is COc1c(C(C)C)cc(NS(=O)(=O)c2ccc([N+](=O)[O-])cc2)cc1C(C)C. The monoisotopic (exact) mass is 392 g/mol. The van der Waals surface area contributed by atoms with Crippen LogP contribution in [0.25, 0.3) is 0 Å². The Hall–Kier alpha value is -2.61. The van der Waals surface area contributed by atoms with E-state index in [-0.39, 0.29) is 22.4 Å². The van der Waals surface area contributed by atoms with Gasteiger partial charge in [-0.05, 0) is 47.2 Å². The fourth-order valence-electron chi connectivity index (χ4n) is 2.79. The van der Waals surface area contributed by atoms with Crippen LogP contribution in [0.1, 0.15) is 50.7 Å². The second-order valence-corrected chi connectivity index (χ2v) is 8.54. The first kappa shape index (κ1) is 20.7. The molecule has 0 radical (unpaired) electrons. The Balaban J connectivity index is 2.47. The molecular formula is C19H24N2O5S. The third-order valence-electron chi connectivity index (χ3n) is 4.20. The van der Waals surface area contributed by atoms with Crippen LogP contribution in [0, 0.1) is 10.1 Å². The van der Waals surface area contributed by atoms with Gasteiger partial charge < -0.3 is 4.74 Å². The molecule has 0 spiro atoms. The second kappa shape index (κ2) is 7.96. The predicted molar refractivity (Wildman–Crippen MR) is 105 cm³/mol. The summed E-state index contributed by atoms with van der Waals surface area (Å²) in [6.45, 7) is 8.04. The number of sulfonamides is 1. The molecule has 2 aromatic carbocycles. The molecule has 0 saturated heterocycles. The van der Waals surface area contributed by atoms with E-state index in [0.717, 1.165) is 16.9 Å². The Morgan fingerprint density at radius 2 is 1.48 bits per heavy atom. The zero-order chi connectivity index (χ0) is 20.4. The molecule has 2 aromatic rings. The smallest absolute Gasteiger partial charge is 0.269 e. The molecule has 0 aromatic heterocycles. The summed E-state index contributed by atoms with van der Waals surface area (Å²) in [5.41, 5.74) is 2.08. The van der Waals surface area contributed by atoms with Gasteiger partial charge in [0, 0.05) is 17.8 Å². The lowest BCUT2D eigenvalue weighted by atomic mass is 9.93. The van der Waals surface area contributed by atoms with Crippen molar-refractivity contribution in [2.45, 2.75) is 44.4 Å². The van der Waals surface area contributed by atoms with Gasteiger partial charge in [-0.1, -0.05) is 27.7 Å². The molecule has 0 aliphatic heterocycles. The summed E-state index contributed by atoms with van der Waals surface area (Å²) < 4.78 is 33.5. The summed E-state index contributed by atoms with van der Waals surface area (Å²) in [6, 6.07) is 8.30. The molecule has 0 amide bonds. The maximum absolute atomic E-state index is 12.7. The van der Waals surface area contributed by atoms with Crippen molar-refractivity contribution in [1.82, 2.24) is 0 Å². The Morgan fingerprint density at radius 1 is 1.00 bits per heavy atom. The van der Waals surface area contributed by atoms with Gasteiger partial charge in [0.2, 0.25) is 0 Å². The van der Waals surface area contributed by atoms with E-state index in [1.165, 1.54) is 24.3 Å². The van der Waals surface area contributed by atoms with Gasteiger partial charge in [-0.15, -0.1) is 0 Å². The fraction of sp³-hybridized carbons (Fsp3) is 0.368. The minimum atomic E-state index is -3.87. The average molecular weight is 392 g/mol. The van der Waals surface area contributed by atoms with Gasteiger partial charge in [-0.25, -0.2) is 8.42 Å². The third kappa shape index (κ3) is 4.57. The third-order valence-corrected chi connectivity index (χ3v) is 5.60. The van der Waals surface area contributed by atoms with Crippen LogP contribution in [0.15, 0.2) is 41.3 Å². The molecular weight excluding hydrogens is 368 g/mol. The molecule has 0 heterocycles. The molecule has 1 N–H and O–H groups in total. The van der Waals surface area contributed by atoms with Crippen LogP contribution in [0.2, 0.25) is 0 Å². The number of nitro groups is 1. The highest BCUT2D eigenvalue weighted by atomic mass is 32.2. The van der Waals surface area contributed by atoms with E-state index >= 15 is 0 Å². The summed E-state index contributed by atoms with van der Waals surface area (Å²) in [6.07, 6.45) is 0. The van der Waals surface area contributed by atoms with E-state index in [1.54, 1.807) is 19.2 Å². The van der Waals surface area contributed by atoms with Crippen molar-refractivity contribution in [2.75, 3.05) is 11.8 Å². The van der Waals surface area contributed by atoms with Crippen LogP contribution in [0.4, 0.5) is 11.4 Å². The molecule has 27 heavy (non-hydrogen) atoms. The maximum atomic E-state index is 12.7. The lowest BCUT2D eigenvalue weighted by Gasteiger charge is -2.20. The Kier molecular flexibility index (Phi) is 6.10. The van der Waals surface area contributed by atoms with E-state index in [2.05, 4.69) is 4.72 Å². The lowest BCUT2D eigenvalue weighted by Crippen LogP contribution is -2.14. The van der Waals surface area contributed by atoms with Gasteiger partial charge in [0.15, 0.2) is 0 Å². The zero-order valence-corrected chi connectivity index (χ0v) is 16.8. The molecule has 7 nitrogen and oxygen atoms in total. The van der Waals surface area contributed by atoms with Crippen molar-refractivity contribution in [3.63, 3.8) is 0 Å². The highest BCUT2D eigenvalue weighted by Crippen LogP contribution is 2.37. The first-order chi connectivity index (χ1) is 12.6. The second-order valence-electron chi connectivity index (χ2n) is 6.85. The average Bonchev–Trinajstić information content (AvgIpc) is 2.60. The van der Waals surface area contributed by atoms with Crippen LogP contribution >= 0.6 is 0 Å². The predicted octanol–water partition coefficient (Wildman–Crippen LogP) is 4.65. The summed E-state index contributed by atoms with van der Waals surface area (Å²) in [4.78, 5) is 10.1. The van der Waals surface area contributed by atoms with Crippen LogP contribution in [-0.4, -0.2) is 20.5 Å². The molecule has 0 atom stereocenters. The molecule has 0 aliphatic rings. The first-order valence-electron chi connectivity index (χ1n) is 8.56. The van der Waals surface area contributed by atoms with E-state index in [4.69, 9.17) is 4.74 Å². The first-order valence-corrected chi connectivity index (χ1v) is 10.0. The number of hydrogen-bond donors (Lipinski definition) is 1. The highest BCUT2D eigenvalue weighted by molar-refractivity contribution is 7.92. The summed E-state index contributed by atoms with van der Waals surface area (Å²) >= 11 is 0. The molecule has 8 heteroatoms. The minimum Gasteiger partial charge on any atom is -0.496 e. The standard InChI is InChI=1S/C19H24N2O5S/c1-12(2)17-10-14(11-18(13(3)4)19(17)26-5)20-27(24,25)16-8-6-15(7-9-16)21(22)23/h6-13,20H,1-5H3. The van der Waals surface area contributed by atoms with Crippen LogP contribution in [-0.2, 0) is 10.0 Å². The number of hydrogen-bond acceptors (Lipinski definition) is 5. The lowest BCUT2D eigenvalue weighted by molar-refractivity contribution is -0.384. The van der Waals surface area contributed by atoms with E-state index in [9.17, 15) is 18.5 Å². The number of rotatable bonds is 7. The summed E-state index contributed by atoms with van der Waals surface area (Å²) in [5, 5.41) is 10.7. The van der Waals surface area contributed by atoms with E-state index in [1.807, 2.05) is 27.7 Å². The summed E-state index contributed by atoms with van der Waals surface area (Å²) in [7, 11) is -2.27. The Morgan fingerprint density at radius 3 is 1.85 bits per heavy atom. The van der Waals surface area contributed by atoms with Crippen molar-refractivity contribution in [1.29, 1.82) is 0 Å². The quantitative estimate of drug-likeness (QED) is 0.546. The molecule has 0 bridgehead atoms. The number of nitro benzene ring substituents is 1. The van der Waals surface area contributed by atoms with Gasteiger partial charge in [0.1, 0.15) is 5.75 Å².